The maximum Gasteiger partial charge on any atom is 0.265 e. The Morgan fingerprint density at radius 1 is 1.19 bits per heavy atom. The van der Waals surface area contributed by atoms with Crippen molar-refractivity contribution in [3.63, 3.8) is 0 Å². The van der Waals surface area contributed by atoms with Crippen LogP contribution in [0.15, 0.2) is 58.3 Å². The highest BCUT2D eigenvalue weighted by Gasteiger charge is 2.30. The minimum Gasteiger partial charge on any atom is -0.383 e. The summed E-state index contributed by atoms with van der Waals surface area (Å²) < 4.78 is 4.94. The molecule has 1 N–H and O–H groups in total. The lowest BCUT2D eigenvalue weighted by Gasteiger charge is -2.29. The predicted octanol–water partition coefficient (Wildman–Crippen LogP) is 3.24. The smallest absolute Gasteiger partial charge is 0.265 e. The number of rotatable bonds is 6. The molecule has 1 heterocycles. The maximum atomic E-state index is 13.1. The van der Waals surface area contributed by atoms with Gasteiger partial charge in [-0.15, -0.1) is 0 Å². The van der Waals surface area contributed by atoms with Crippen LogP contribution in [0.4, 0.5) is 5.69 Å². The number of carbonyl (C=O) groups is 2. The highest BCUT2D eigenvalue weighted by atomic mass is 32.2. The van der Waals surface area contributed by atoms with Crippen molar-refractivity contribution in [1.29, 1.82) is 0 Å². The summed E-state index contributed by atoms with van der Waals surface area (Å²) in [7, 11) is 1.58. The Balaban J connectivity index is 1.86. The molecule has 5 nitrogen and oxygen atoms in total. The lowest BCUT2D eigenvalue weighted by Crippen LogP contribution is -2.43. The van der Waals surface area contributed by atoms with E-state index in [4.69, 9.17) is 4.74 Å². The Morgan fingerprint density at radius 2 is 1.93 bits per heavy atom. The van der Waals surface area contributed by atoms with Crippen molar-refractivity contribution in [1.82, 2.24) is 5.32 Å². The molecular formula is C21H22N2O3S. The molecule has 2 aromatic rings. The van der Waals surface area contributed by atoms with Crippen LogP contribution in [-0.4, -0.2) is 38.6 Å². The Morgan fingerprint density at radius 3 is 2.67 bits per heavy atom. The summed E-state index contributed by atoms with van der Waals surface area (Å²) in [5.41, 5.74) is 2.88. The number of hydrogen-bond donors (Lipinski definition) is 1. The summed E-state index contributed by atoms with van der Waals surface area (Å²) in [5.74, 6) is -0.377. The number of methoxy groups -OCH3 is 1. The molecule has 3 rings (SSSR count). The molecule has 0 spiro atoms. The summed E-state index contributed by atoms with van der Waals surface area (Å²) >= 11 is 1.43. The van der Waals surface area contributed by atoms with Gasteiger partial charge in [0.1, 0.15) is 6.54 Å². The molecule has 0 aliphatic carbocycles. The molecule has 140 valence electrons. The van der Waals surface area contributed by atoms with Gasteiger partial charge in [-0.25, -0.2) is 0 Å². The number of carbonyl (C=O) groups excluding carboxylic acids is 2. The third-order valence-corrected chi connectivity index (χ3v) is 5.21. The molecule has 1 aliphatic heterocycles. The number of fused-ring (bicyclic) bond motifs is 1. The van der Waals surface area contributed by atoms with E-state index in [2.05, 4.69) is 5.32 Å². The van der Waals surface area contributed by atoms with Crippen LogP contribution >= 0.6 is 11.8 Å². The van der Waals surface area contributed by atoms with Crippen molar-refractivity contribution in [3.05, 3.63) is 64.6 Å². The van der Waals surface area contributed by atoms with Crippen molar-refractivity contribution in [2.75, 3.05) is 31.7 Å². The van der Waals surface area contributed by atoms with E-state index in [0.717, 1.165) is 16.1 Å². The zero-order valence-corrected chi connectivity index (χ0v) is 16.2. The van der Waals surface area contributed by atoms with Gasteiger partial charge in [0.15, 0.2) is 0 Å². The molecule has 0 radical (unpaired) electrons. The van der Waals surface area contributed by atoms with E-state index in [1.165, 1.54) is 22.2 Å². The third-order valence-electron chi connectivity index (χ3n) is 4.14. The fourth-order valence-corrected chi connectivity index (χ4v) is 3.78. The van der Waals surface area contributed by atoms with E-state index >= 15 is 0 Å². The summed E-state index contributed by atoms with van der Waals surface area (Å²) in [6.07, 6.45) is 1.87. The van der Waals surface area contributed by atoms with Gasteiger partial charge >= 0.3 is 0 Å². The normalized spacial score (nSPS) is 15.0. The minimum absolute atomic E-state index is 0.0225. The van der Waals surface area contributed by atoms with Crippen LogP contribution in [0.1, 0.15) is 11.1 Å². The fourth-order valence-electron chi connectivity index (χ4n) is 2.73. The summed E-state index contributed by atoms with van der Waals surface area (Å²) in [6, 6.07) is 15.6. The maximum absolute atomic E-state index is 13.1. The van der Waals surface area contributed by atoms with Gasteiger partial charge in [-0.3, -0.25) is 14.5 Å². The van der Waals surface area contributed by atoms with E-state index < -0.39 is 0 Å². The second kappa shape index (κ2) is 8.88. The van der Waals surface area contributed by atoms with Crippen molar-refractivity contribution < 1.29 is 14.3 Å². The number of benzene rings is 2. The first-order valence-corrected chi connectivity index (χ1v) is 9.53. The van der Waals surface area contributed by atoms with Crippen molar-refractivity contribution in [2.24, 2.45) is 0 Å². The monoisotopic (exact) mass is 382 g/mol. The number of para-hydroxylation sites is 1. The lowest BCUT2D eigenvalue weighted by molar-refractivity contribution is -0.122. The van der Waals surface area contributed by atoms with Gasteiger partial charge in [0.25, 0.3) is 5.91 Å². The van der Waals surface area contributed by atoms with Crippen LogP contribution in [0.2, 0.25) is 0 Å². The fraction of sp³-hybridized carbons (Fsp3) is 0.238. The molecule has 2 aromatic carbocycles. The van der Waals surface area contributed by atoms with Gasteiger partial charge in [0.05, 0.1) is 17.2 Å². The molecule has 1 aliphatic rings. The predicted molar refractivity (Wildman–Crippen MR) is 109 cm³/mol. The highest BCUT2D eigenvalue weighted by molar-refractivity contribution is 8.04. The Hall–Kier alpha value is -2.57. The molecule has 6 heteroatoms. The van der Waals surface area contributed by atoms with E-state index in [1.807, 2.05) is 61.5 Å². The van der Waals surface area contributed by atoms with Crippen molar-refractivity contribution >= 4 is 35.3 Å². The van der Waals surface area contributed by atoms with Gasteiger partial charge in [-0.2, -0.15) is 0 Å². The first-order chi connectivity index (χ1) is 13.1. The quantitative estimate of drug-likeness (QED) is 0.616. The second-order valence-corrected chi connectivity index (χ2v) is 7.31. The highest BCUT2D eigenvalue weighted by Crippen LogP contribution is 2.41. The molecular weight excluding hydrogens is 360 g/mol. The molecule has 2 amide bonds. The van der Waals surface area contributed by atoms with Crippen molar-refractivity contribution in [2.45, 2.75) is 11.8 Å². The number of hydrogen-bond acceptors (Lipinski definition) is 4. The molecule has 0 unspecified atom stereocenters. The number of nitrogens with one attached hydrogen (secondary N) is 1. The standard InChI is InChI=1S/C21H22N2O3S/c1-15-7-9-16(10-8-15)13-19-21(25)23(14-20(24)22-11-12-26-2)17-5-3-4-6-18(17)27-19/h3-10,13H,11-12,14H2,1-2H3,(H,22,24). The molecule has 0 fully saturated rings. The van der Waals surface area contributed by atoms with Gasteiger partial charge in [0, 0.05) is 18.6 Å². The molecule has 0 atom stereocenters. The largest absolute Gasteiger partial charge is 0.383 e. The van der Waals surface area contributed by atoms with E-state index in [-0.39, 0.29) is 18.4 Å². The summed E-state index contributed by atoms with van der Waals surface area (Å²) in [4.78, 5) is 28.4. The first kappa shape index (κ1) is 19.2. The Bertz CT molecular complexity index is 862. The first-order valence-electron chi connectivity index (χ1n) is 8.71. The van der Waals surface area contributed by atoms with Crippen LogP contribution in [0.25, 0.3) is 6.08 Å². The number of anilines is 1. The summed E-state index contributed by atoms with van der Waals surface area (Å²) in [5, 5.41) is 2.77. The average Bonchev–Trinajstić information content (AvgIpc) is 2.67. The van der Waals surface area contributed by atoms with Crippen LogP contribution in [0.5, 0.6) is 0 Å². The summed E-state index contributed by atoms with van der Waals surface area (Å²) in [6.45, 7) is 2.85. The lowest BCUT2D eigenvalue weighted by atomic mass is 10.1. The van der Waals surface area contributed by atoms with Crippen LogP contribution < -0.4 is 10.2 Å². The Kier molecular flexibility index (Phi) is 6.32. The zero-order valence-electron chi connectivity index (χ0n) is 15.4. The average molecular weight is 382 g/mol. The second-order valence-electron chi connectivity index (χ2n) is 6.22. The molecule has 0 saturated carbocycles. The van der Waals surface area contributed by atoms with Crippen LogP contribution in [-0.2, 0) is 14.3 Å². The number of aryl methyl sites for hydroxylation is 1. The Labute approximate surface area is 163 Å². The third kappa shape index (κ3) is 4.78. The van der Waals surface area contributed by atoms with Gasteiger partial charge < -0.3 is 10.1 Å². The molecule has 27 heavy (non-hydrogen) atoms. The SMILES string of the molecule is COCCNC(=O)CN1C(=O)C(=Cc2ccc(C)cc2)Sc2ccccc21. The van der Waals surface area contributed by atoms with Crippen LogP contribution in [0.3, 0.4) is 0 Å². The van der Waals surface area contributed by atoms with E-state index in [1.54, 1.807) is 7.11 Å². The topological polar surface area (TPSA) is 58.6 Å². The van der Waals surface area contributed by atoms with Gasteiger partial charge in [-0.1, -0.05) is 53.7 Å². The van der Waals surface area contributed by atoms with Gasteiger partial charge in [-0.05, 0) is 30.7 Å². The zero-order chi connectivity index (χ0) is 19.2. The minimum atomic E-state index is -0.211. The number of amides is 2. The van der Waals surface area contributed by atoms with E-state index in [0.29, 0.717) is 18.1 Å². The molecule has 0 saturated heterocycles. The number of ether oxygens (including phenoxy) is 1. The number of thioether (sulfide) groups is 1. The molecule has 0 aromatic heterocycles. The van der Waals surface area contributed by atoms with Gasteiger partial charge in [0.2, 0.25) is 5.91 Å². The van der Waals surface area contributed by atoms with Crippen molar-refractivity contribution in [3.8, 4) is 0 Å². The molecule has 0 bridgehead atoms. The van der Waals surface area contributed by atoms with Crippen LogP contribution in [0, 0.1) is 6.92 Å². The number of nitrogens with zero attached hydrogens (tertiary/aromatic N) is 1. The van der Waals surface area contributed by atoms with E-state index in [9.17, 15) is 9.59 Å².